The fourth-order valence-electron chi connectivity index (χ4n) is 3.59. The van der Waals surface area contributed by atoms with Crippen LogP contribution in [-0.2, 0) is 4.74 Å². The molecule has 0 atom stereocenters. The second kappa shape index (κ2) is 7.61. The molecule has 0 unspecified atom stereocenters. The highest BCUT2D eigenvalue weighted by atomic mass is 16.5. The van der Waals surface area contributed by atoms with Gasteiger partial charge in [-0.15, -0.1) is 0 Å². The lowest BCUT2D eigenvalue weighted by atomic mass is 9.87. The van der Waals surface area contributed by atoms with Gasteiger partial charge in [-0.2, -0.15) is 0 Å². The molecule has 1 heterocycles. The maximum Gasteiger partial charge on any atom is 0.0571 e. The van der Waals surface area contributed by atoms with Crippen molar-refractivity contribution >= 4 is 0 Å². The molecule has 3 nitrogen and oxygen atoms in total. The molecule has 0 aromatic heterocycles. The van der Waals surface area contributed by atoms with E-state index >= 15 is 0 Å². The first-order valence-corrected chi connectivity index (χ1v) is 8.15. The van der Waals surface area contributed by atoms with E-state index in [4.69, 9.17) is 4.74 Å². The van der Waals surface area contributed by atoms with Crippen LogP contribution in [0.25, 0.3) is 0 Å². The summed E-state index contributed by atoms with van der Waals surface area (Å²) >= 11 is 0. The van der Waals surface area contributed by atoms with E-state index < -0.39 is 0 Å². The van der Waals surface area contributed by atoms with E-state index in [1.807, 2.05) is 7.11 Å². The lowest BCUT2D eigenvalue weighted by Gasteiger charge is -2.38. The van der Waals surface area contributed by atoms with E-state index in [9.17, 15) is 0 Å². The summed E-state index contributed by atoms with van der Waals surface area (Å²) in [6, 6.07) is 0. The molecule has 2 fully saturated rings. The lowest BCUT2D eigenvalue weighted by Crippen LogP contribution is -2.48. The van der Waals surface area contributed by atoms with Gasteiger partial charge in [0.1, 0.15) is 0 Å². The van der Waals surface area contributed by atoms with Crippen molar-refractivity contribution < 1.29 is 4.74 Å². The van der Waals surface area contributed by atoms with E-state index in [-0.39, 0.29) is 0 Å². The zero-order valence-corrected chi connectivity index (χ0v) is 13.1. The number of hydrogen-bond donors (Lipinski definition) is 0. The Bertz CT molecular complexity index is 241. The first kappa shape index (κ1) is 15.3. The van der Waals surface area contributed by atoms with Gasteiger partial charge in [0.05, 0.1) is 6.10 Å². The van der Waals surface area contributed by atoms with Gasteiger partial charge in [-0.1, -0.05) is 13.8 Å². The molecule has 1 aliphatic heterocycles. The second-order valence-electron chi connectivity index (χ2n) is 6.87. The first-order valence-electron chi connectivity index (χ1n) is 8.15. The molecule has 2 aliphatic rings. The predicted octanol–water partition coefficient (Wildman–Crippen LogP) is 2.47. The molecule has 0 bridgehead atoms. The molecule has 3 heteroatoms. The molecule has 0 radical (unpaired) electrons. The van der Waals surface area contributed by atoms with Crippen LogP contribution in [0.4, 0.5) is 0 Å². The molecular formula is C16H32N2O. The molecule has 0 aromatic carbocycles. The van der Waals surface area contributed by atoms with Gasteiger partial charge in [0.15, 0.2) is 0 Å². The molecule has 0 aromatic rings. The largest absolute Gasteiger partial charge is 0.381 e. The summed E-state index contributed by atoms with van der Waals surface area (Å²) in [5.41, 5.74) is 0. The zero-order chi connectivity index (χ0) is 13.7. The third-order valence-electron chi connectivity index (χ3n) is 4.73. The normalized spacial score (nSPS) is 30.9. The van der Waals surface area contributed by atoms with Crippen LogP contribution in [0.5, 0.6) is 0 Å². The lowest BCUT2D eigenvalue weighted by molar-refractivity contribution is 0.0428. The van der Waals surface area contributed by atoms with Crippen molar-refractivity contribution in [2.75, 3.05) is 46.4 Å². The Labute approximate surface area is 119 Å². The molecule has 1 saturated carbocycles. The third-order valence-corrected chi connectivity index (χ3v) is 4.73. The SMILES string of the molecule is COC1CCC(CN2CCN(CC(C)C)CC2)CC1. The molecule has 1 saturated heterocycles. The van der Waals surface area contributed by atoms with Crippen LogP contribution in [0.15, 0.2) is 0 Å². The van der Waals surface area contributed by atoms with Crippen molar-refractivity contribution in [2.45, 2.75) is 45.6 Å². The topological polar surface area (TPSA) is 15.7 Å². The molecular weight excluding hydrogens is 236 g/mol. The van der Waals surface area contributed by atoms with Crippen LogP contribution in [-0.4, -0.2) is 62.3 Å². The van der Waals surface area contributed by atoms with Gasteiger partial charge in [-0.25, -0.2) is 0 Å². The van der Waals surface area contributed by atoms with E-state index in [1.54, 1.807) is 0 Å². The molecule has 0 N–H and O–H groups in total. The van der Waals surface area contributed by atoms with E-state index in [0.717, 1.165) is 11.8 Å². The van der Waals surface area contributed by atoms with Gasteiger partial charge in [0.2, 0.25) is 0 Å². The molecule has 19 heavy (non-hydrogen) atoms. The summed E-state index contributed by atoms with van der Waals surface area (Å²) in [6.07, 6.45) is 5.82. The predicted molar refractivity (Wildman–Crippen MR) is 80.5 cm³/mol. The number of piperazine rings is 1. The summed E-state index contributed by atoms with van der Waals surface area (Å²) in [5.74, 6) is 1.72. The summed E-state index contributed by atoms with van der Waals surface area (Å²) in [5, 5.41) is 0. The van der Waals surface area contributed by atoms with Crippen LogP contribution in [0.1, 0.15) is 39.5 Å². The minimum Gasteiger partial charge on any atom is -0.381 e. The average Bonchev–Trinajstić information content (AvgIpc) is 2.41. The molecule has 0 spiro atoms. The summed E-state index contributed by atoms with van der Waals surface area (Å²) < 4.78 is 5.46. The maximum absolute atomic E-state index is 5.46. The smallest absolute Gasteiger partial charge is 0.0571 e. The minimum absolute atomic E-state index is 0.541. The van der Waals surface area contributed by atoms with Crippen molar-refractivity contribution in [3.63, 3.8) is 0 Å². The Morgan fingerprint density at radius 1 is 0.947 bits per heavy atom. The maximum atomic E-state index is 5.46. The van der Waals surface area contributed by atoms with E-state index in [0.29, 0.717) is 6.10 Å². The number of methoxy groups -OCH3 is 1. The Morgan fingerprint density at radius 2 is 1.53 bits per heavy atom. The van der Waals surface area contributed by atoms with Gasteiger partial charge in [-0.3, -0.25) is 0 Å². The van der Waals surface area contributed by atoms with Crippen LogP contribution in [0.2, 0.25) is 0 Å². The second-order valence-corrected chi connectivity index (χ2v) is 6.87. The molecule has 2 rings (SSSR count). The highest BCUT2D eigenvalue weighted by Crippen LogP contribution is 2.26. The molecule has 112 valence electrons. The Morgan fingerprint density at radius 3 is 2.05 bits per heavy atom. The quantitative estimate of drug-likeness (QED) is 0.762. The van der Waals surface area contributed by atoms with Crippen molar-refractivity contribution in [3.8, 4) is 0 Å². The van der Waals surface area contributed by atoms with E-state index in [2.05, 4.69) is 23.6 Å². The van der Waals surface area contributed by atoms with Gasteiger partial charge < -0.3 is 14.5 Å². The summed E-state index contributed by atoms with van der Waals surface area (Å²) in [6.45, 7) is 12.3. The number of hydrogen-bond acceptors (Lipinski definition) is 3. The Kier molecular flexibility index (Phi) is 6.11. The van der Waals surface area contributed by atoms with Crippen LogP contribution in [0, 0.1) is 11.8 Å². The number of nitrogens with zero attached hydrogens (tertiary/aromatic N) is 2. The van der Waals surface area contributed by atoms with Crippen LogP contribution >= 0.6 is 0 Å². The van der Waals surface area contributed by atoms with Crippen molar-refractivity contribution in [2.24, 2.45) is 11.8 Å². The average molecular weight is 268 g/mol. The zero-order valence-electron chi connectivity index (χ0n) is 13.1. The summed E-state index contributed by atoms with van der Waals surface area (Å²) in [4.78, 5) is 5.32. The monoisotopic (exact) mass is 268 g/mol. The van der Waals surface area contributed by atoms with Crippen LogP contribution < -0.4 is 0 Å². The van der Waals surface area contributed by atoms with Gasteiger partial charge >= 0.3 is 0 Å². The van der Waals surface area contributed by atoms with Crippen molar-refractivity contribution in [1.29, 1.82) is 0 Å². The third kappa shape index (κ3) is 5.05. The fraction of sp³-hybridized carbons (Fsp3) is 1.00. The molecule has 1 aliphatic carbocycles. The summed E-state index contributed by atoms with van der Waals surface area (Å²) in [7, 11) is 1.86. The highest BCUT2D eigenvalue weighted by molar-refractivity contribution is 4.78. The highest BCUT2D eigenvalue weighted by Gasteiger charge is 2.24. The van der Waals surface area contributed by atoms with Gasteiger partial charge in [-0.05, 0) is 37.5 Å². The number of ether oxygens (including phenoxy) is 1. The van der Waals surface area contributed by atoms with Crippen LogP contribution in [0.3, 0.4) is 0 Å². The standard InChI is InChI=1S/C16H32N2O/c1-14(2)12-17-8-10-18(11-9-17)13-15-4-6-16(19-3)7-5-15/h14-16H,4-13H2,1-3H3. The van der Waals surface area contributed by atoms with E-state index in [1.165, 1.54) is 65.0 Å². The Balaban J connectivity index is 1.63. The van der Waals surface area contributed by atoms with Crippen molar-refractivity contribution in [1.82, 2.24) is 9.80 Å². The minimum atomic E-state index is 0.541. The molecule has 0 amide bonds. The number of rotatable bonds is 5. The Hall–Kier alpha value is -0.120. The van der Waals surface area contributed by atoms with Gasteiger partial charge in [0, 0.05) is 46.4 Å². The fourth-order valence-corrected chi connectivity index (χ4v) is 3.59. The van der Waals surface area contributed by atoms with Crippen molar-refractivity contribution in [3.05, 3.63) is 0 Å². The van der Waals surface area contributed by atoms with Gasteiger partial charge in [0.25, 0.3) is 0 Å². The first-order chi connectivity index (χ1) is 9.17.